The zero-order valence-corrected chi connectivity index (χ0v) is 7.92. The molecular weight excluding hydrogens is 207 g/mol. The van der Waals surface area contributed by atoms with Crippen LogP contribution in [0.15, 0.2) is 17.2 Å². The van der Waals surface area contributed by atoms with Gasteiger partial charge in [0.15, 0.2) is 0 Å². The fraction of sp³-hybridized carbons (Fsp3) is 0.333. The third-order valence-electron chi connectivity index (χ3n) is 2.46. The summed E-state index contributed by atoms with van der Waals surface area (Å²) in [5.41, 5.74) is 7.72. The molecule has 0 bridgehead atoms. The maximum absolute atomic E-state index is 13.4. The van der Waals surface area contributed by atoms with Crippen LogP contribution in [0, 0.1) is 11.3 Å². The largest absolute Gasteiger partial charge is 0.390 e. The van der Waals surface area contributed by atoms with Gasteiger partial charge >= 0.3 is 0 Å². The van der Waals surface area contributed by atoms with E-state index in [0.29, 0.717) is 10.6 Å². The van der Waals surface area contributed by atoms with Gasteiger partial charge in [0.05, 0.1) is 6.10 Å². The minimum atomic E-state index is -0.836. The normalized spacial score (nSPS) is 24.8. The number of aliphatic hydroxyl groups is 1. The Balaban J connectivity index is 2.62. The second kappa shape index (κ2) is 3.29. The van der Waals surface area contributed by atoms with Crippen LogP contribution in [0.3, 0.4) is 0 Å². The van der Waals surface area contributed by atoms with E-state index in [1.807, 2.05) is 0 Å². The van der Waals surface area contributed by atoms with E-state index < -0.39 is 18.0 Å². The third-order valence-corrected chi connectivity index (χ3v) is 2.81. The monoisotopic (exact) mass is 214 g/mol. The Morgan fingerprint density at radius 2 is 2.29 bits per heavy atom. The molecule has 0 amide bonds. The molecule has 3 nitrogen and oxygen atoms in total. The van der Waals surface area contributed by atoms with Gasteiger partial charge in [0, 0.05) is 17.0 Å². The summed E-state index contributed by atoms with van der Waals surface area (Å²) in [6, 6.07) is 1.88. The predicted molar refractivity (Wildman–Crippen MR) is 49.0 cm³/mol. The van der Waals surface area contributed by atoms with Gasteiger partial charge in [-0.3, -0.25) is 0 Å². The molecule has 1 aromatic rings. The van der Waals surface area contributed by atoms with Crippen LogP contribution in [0.4, 0.5) is 4.39 Å². The van der Waals surface area contributed by atoms with Crippen LogP contribution in [-0.2, 0) is 6.42 Å². The lowest BCUT2D eigenvalue weighted by Crippen LogP contribution is -2.10. The highest BCUT2D eigenvalue weighted by Gasteiger charge is 2.35. The van der Waals surface area contributed by atoms with E-state index in [2.05, 4.69) is 5.11 Å². The average molecular weight is 215 g/mol. The molecular formula is C9H8ClFN2O. The molecule has 14 heavy (non-hydrogen) atoms. The van der Waals surface area contributed by atoms with Crippen LogP contribution in [-0.4, -0.2) is 11.2 Å². The number of halogens is 2. The minimum absolute atomic E-state index is 0.263. The Morgan fingerprint density at radius 3 is 2.93 bits per heavy atom. The summed E-state index contributed by atoms with van der Waals surface area (Å²) in [4.78, 5) is 0. The highest BCUT2D eigenvalue weighted by atomic mass is 35.5. The Morgan fingerprint density at radius 1 is 1.57 bits per heavy atom. The van der Waals surface area contributed by atoms with E-state index in [1.165, 1.54) is 12.1 Å². The van der Waals surface area contributed by atoms with Gasteiger partial charge in [0.25, 0.3) is 0 Å². The molecule has 0 heterocycles. The fourth-order valence-corrected chi connectivity index (χ4v) is 2.04. The van der Waals surface area contributed by atoms with Crippen LogP contribution in [0.2, 0.25) is 5.02 Å². The number of fused-ring (bicyclic) bond motifs is 1. The summed E-state index contributed by atoms with van der Waals surface area (Å²) in [6.07, 6.45) is -0.573. The smallest absolute Gasteiger partial charge is 0.129 e. The number of rotatable bonds is 1. The van der Waals surface area contributed by atoms with Crippen LogP contribution < -0.4 is 0 Å². The van der Waals surface area contributed by atoms with Gasteiger partial charge in [-0.2, -0.15) is 5.11 Å². The molecule has 0 spiro atoms. The van der Waals surface area contributed by atoms with Crippen molar-refractivity contribution in [1.82, 2.24) is 0 Å². The first-order valence-corrected chi connectivity index (χ1v) is 4.54. The maximum atomic E-state index is 13.4. The van der Waals surface area contributed by atoms with Crippen molar-refractivity contribution in [2.75, 3.05) is 0 Å². The molecule has 0 saturated carbocycles. The predicted octanol–water partition coefficient (Wildman–Crippen LogP) is 2.47. The van der Waals surface area contributed by atoms with Crippen molar-refractivity contribution in [3.63, 3.8) is 0 Å². The zero-order chi connectivity index (χ0) is 10.3. The quantitative estimate of drug-likeness (QED) is 0.694. The van der Waals surface area contributed by atoms with Crippen molar-refractivity contribution in [3.05, 3.63) is 34.1 Å². The van der Waals surface area contributed by atoms with E-state index in [1.54, 1.807) is 0 Å². The fourth-order valence-electron chi connectivity index (χ4n) is 1.80. The number of aliphatic hydroxyl groups excluding tert-OH is 1. The van der Waals surface area contributed by atoms with Crippen LogP contribution >= 0.6 is 11.6 Å². The first kappa shape index (κ1) is 9.55. The molecule has 0 unspecified atom stereocenters. The molecule has 0 radical (unpaired) electrons. The van der Waals surface area contributed by atoms with Crippen molar-refractivity contribution in [3.8, 4) is 0 Å². The molecule has 1 aliphatic rings. The summed E-state index contributed by atoms with van der Waals surface area (Å²) in [7, 11) is 0. The molecule has 0 aliphatic heterocycles. The van der Waals surface area contributed by atoms with Crippen LogP contribution in [0.1, 0.15) is 17.2 Å². The first-order chi connectivity index (χ1) is 6.65. The van der Waals surface area contributed by atoms with Crippen molar-refractivity contribution >= 4 is 11.6 Å². The molecule has 0 saturated heterocycles. The molecule has 0 aromatic heterocycles. The molecule has 5 heteroatoms. The highest BCUT2D eigenvalue weighted by Crippen LogP contribution is 2.39. The topological polar surface area (TPSA) is 56.4 Å². The number of nitrogens with zero attached hydrogens (tertiary/aromatic N) is 1. The van der Waals surface area contributed by atoms with Gasteiger partial charge < -0.3 is 5.11 Å². The Bertz CT molecular complexity index is 397. The van der Waals surface area contributed by atoms with Gasteiger partial charge in [-0.1, -0.05) is 11.6 Å². The molecule has 2 N–H and O–H groups in total. The van der Waals surface area contributed by atoms with Gasteiger partial charge in [0.2, 0.25) is 0 Å². The number of benzene rings is 1. The Hall–Kier alpha value is -1.00. The summed E-state index contributed by atoms with van der Waals surface area (Å²) in [6.45, 7) is 0. The van der Waals surface area contributed by atoms with Crippen molar-refractivity contribution in [1.29, 1.82) is 5.53 Å². The molecule has 1 aromatic carbocycles. The summed E-state index contributed by atoms with van der Waals surface area (Å²) >= 11 is 5.85. The Labute approximate surface area is 85.0 Å². The maximum Gasteiger partial charge on any atom is 0.129 e. The number of nitrogens with one attached hydrogen (secondary N) is 1. The molecule has 0 fully saturated rings. The van der Waals surface area contributed by atoms with Crippen molar-refractivity contribution < 1.29 is 9.50 Å². The van der Waals surface area contributed by atoms with E-state index in [0.717, 1.165) is 0 Å². The SMILES string of the molecule is N=N[C@@H]1c2c(F)ccc(Cl)c2C[C@H]1O. The zero-order valence-electron chi connectivity index (χ0n) is 7.17. The molecule has 74 valence electrons. The first-order valence-electron chi connectivity index (χ1n) is 4.16. The van der Waals surface area contributed by atoms with Crippen LogP contribution in [0.25, 0.3) is 0 Å². The molecule has 1 aliphatic carbocycles. The molecule has 2 rings (SSSR count). The van der Waals surface area contributed by atoms with Crippen molar-refractivity contribution in [2.45, 2.75) is 18.6 Å². The van der Waals surface area contributed by atoms with Crippen molar-refractivity contribution in [2.24, 2.45) is 5.11 Å². The lowest BCUT2D eigenvalue weighted by atomic mass is 10.1. The second-order valence-electron chi connectivity index (χ2n) is 3.27. The summed E-state index contributed by atoms with van der Waals surface area (Å²) in [5.74, 6) is -0.457. The third kappa shape index (κ3) is 1.22. The van der Waals surface area contributed by atoms with E-state index in [9.17, 15) is 9.50 Å². The lowest BCUT2D eigenvalue weighted by molar-refractivity contribution is 0.154. The van der Waals surface area contributed by atoms with Crippen LogP contribution in [0.5, 0.6) is 0 Å². The second-order valence-corrected chi connectivity index (χ2v) is 3.67. The summed E-state index contributed by atoms with van der Waals surface area (Å²) in [5, 5.41) is 13.2. The molecule has 2 atom stereocenters. The van der Waals surface area contributed by atoms with Gasteiger partial charge in [-0.25, -0.2) is 9.92 Å². The highest BCUT2D eigenvalue weighted by molar-refractivity contribution is 6.31. The standard InChI is InChI=1S/C9H8ClFN2O/c10-5-1-2-6(11)8-4(5)3-7(14)9(8)13-12/h1-2,7,9,12,14H,3H2/t7-,9+/m1/s1. The van der Waals surface area contributed by atoms with Gasteiger partial charge in [0.1, 0.15) is 11.9 Å². The van der Waals surface area contributed by atoms with E-state index >= 15 is 0 Å². The average Bonchev–Trinajstić information content (AvgIpc) is 2.50. The summed E-state index contributed by atoms with van der Waals surface area (Å²) < 4.78 is 13.4. The van der Waals surface area contributed by atoms with E-state index in [4.69, 9.17) is 17.1 Å². The van der Waals surface area contributed by atoms with E-state index in [-0.39, 0.29) is 12.0 Å². The van der Waals surface area contributed by atoms with Gasteiger partial charge in [-0.15, -0.1) is 0 Å². The lowest BCUT2D eigenvalue weighted by Gasteiger charge is -2.08. The minimum Gasteiger partial charge on any atom is -0.390 e. The van der Waals surface area contributed by atoms with Gasteiger partial charge in [-0.05, 0) is 17.7 Å². The Kier molecular flexibility index (Phi) is 2.25. The number of hydrogen-bond acceptors (Lipinski definition) is 3. The number of hydrogen-bond donors (Lipinski definition) is 2.